The van der Waals surface area contributed by atoms with Crippen LogP contribution in [0.1, 0.15) is 26.2 Å². The van der Waals surface area contributed by atoms with Crippen molar-refractivity contribution in [1.29, 1.82) is 0 Å². The molecule has 2 saturated carbocycles. The number of amides is 1. The molecule has 5 heteroatoms. The number of hydrogen-bond acceptors (Lipinski definition) is 4. The number of nitrogens with two attached hydrogens (primary N) is 1. The van der Waals surface area contributed by atoms with Crippen molar-refractivity contribution in [2.24, 2.45) is 23.5 Å². The summed E-state index contributed by atoms with van der Waals surface area (Å²) < 4.78 is 4.58. The third-order valence-electron chi connectivity index (χ3n) is 4.20. The summed E-state index contributed by atoms with van der Waals surface area (Å²) in [6.45, 7) is 1.63. The first kappa shape index (κ1) is 12.4. The highest BCUT2D eigenvalue weighted by atomic mass is 16.5. The Labute approximate surface area is 101 Å². The van der Waals surface area contributed by atoms with E-state index in [1.807, 2.05) is 0 Å². The van der Waals surface area contributed by atoms with Crippen molar-refractivity contribution in [3.8, 4) is 0 Å². The quantitative estimate of drug-likeness (QED) is 0.682. The van der Waals surface area contributed by atoms with E-state index < -0.39 is 12.0 Å². The van der Waals surface area contributed by atoms with Gasteiger partial charge < -0.3 is 15.8 Å². The number of carbonyl (C=O) groups excluding carboxylic acids is 2. The molecule has 0 aromatic rings. The molecule has 2 bridgehead atoms. The minimum absolute atomic E-state index is 0.0430. The molecule has 5 nitrogen and oxygen atoms in total. The van der Waals surface area contributed by atoms with E-state index >= 15 is 0 Å². The van der Waals surface area contributed by atoms with E-state index in [9.17, 15) is 9.59 Å². The fourth-order valence-electron chi connectivity index (χ4n) is 3.27. The molecule has 5 unspecified atom stereocenters. The average Bonchev–Trinajstić information content (AvgIpc) is 2.87. The molecule has 0 aliphatic heterocycles. The molecular weight excluding hydrogens is 220 g/mol. The van der Waals surface area contributed by atoms with Gasteiger partial charge in [0.05, 0.1) is 13.0 Å². The summed E-state index contributed by atoms with van der Waals surface area (Å²) in [5, 5.41) is 2.69. The molecule has 3 N–H and O–H groups in total. The van der Waals surface area contributed by atoms with Gasteiger partial charge in [0.1, 0.15) is 6.04 Å². The summed E-state index contributed by atoms with van der Waals surface area (Å²) >= 11 is 0. The largest absolute Gasteiger partial charge is 0.467 e. The first-order valence-corrected chi connectivity index (χ1v) is 6.18. The molecule has 0 spiro atoms. The standard InChI is InChI=1S/C12H20N2O3/c1-6(12(16)17-2)14-11(15)9-7-3-4-8(5-7)10(9)13/h6-10H,3-5,13H2,1-2H3,(H,14,15). The fourth-order valence-corrected chi connectivity index (χ4v) is 3.27. The van der Waals surface area contributed by atoms with Crippen LogP contribution in [0.5, 0.6) is 0 Å². The van der Waals surface area contributed by atoms with Crippen molar-refractivity contribution in [2.45, 2.75) is 38.3 Å². The zero-order valence-electron chi connectivity index (χ0n) is 10.3. The van der Waals surface area contributed by atoms with E-state index in [2.05, 4.69) is 10.1 Å². The van der Waals surface area contributed by atoms with Gasteiger partial charge in [0.25, 0.3) is 0 Å². The second kappa shape index (κ2) is 4.64. The predicted octanol–water partition coefficient (Wildman–Crippen LogP) is 0.0375. The molecule has 5 atom stereocenters. The van der Waals surface area contributed by atoms with Crippen LogP contribution in [0, 0.1) is 17.8 Å². The number of nitrogens with one attached hydrogen (secondary N) is 1. The number of hydrogen-bond donors (Lipinski definition) is 2. The van der Waals surface area contributed by atoms with Gasteiger partial charge in [-0.2, -0.15) is 0 Å². The van der Waals surface area contributed by atoms with Crippen molar-refractivity contribution < 1.29 is 14.3 Å². The van der Waals surface area contributed by atoms with Gasteiger partial charge in [-0.05, 0) is 38.0 Å². The van der Waals surface area contributed by atoms with Crippen LogP contribution >= 0.6 is 0 Å². The maximum Gasteiger partial charge on any atom is 0.328 e. The normalized spacial score (nSPS) is 36.6. The highest BCUT2D eigenvalue weighted by Crippen LogP contribution is 2.47. The van der Waals surface area contributed by atoms with Crippen LogP contribution in [0.3, 0.4) is 0 Å². The highest BCUT2D eigenvalue weighted by molar-refractivity contribution is 5.86. The summed E-state index contributed by atoms with van der Waals surface area (Å²) in [7, 11) is 1.31. The van der Waals surface area contributed by atoms with Gasteiger partial charge in [0.2, 0.25) is 5.91 Å². The second-order valence-corrected chi connectivity index (χ2v) is 5.19. The van der Waals surface area contributed by atoms with E-state index in [0.29, 0.717) is 11.8 Å². The Hall–Kier alpha value is -1.10. The lowest BCUT2D eigenvalue weighted by atomic mass is 9.84. The smallest absolute Gasteiger partial charge is 0.328 e. The molecule has 17 heavy (non-hydrogen) atoms. The minimum atomic E-state index is -0.598. The Morgan fingerprint density at radius 3 is 2.53 bits per heavy atom. The average molecular weight is 240 g/mol. The number of carbonyl (C=O) groups is 2. The van der Waals surface area contributed by atoms with Crippen LogP contribution in [0.15, 0.2) is 0 Å². The van der Waals surface area contributed by atoms with Crippen molar-refractivity contribution in [1.82, 2.24) is 5.32 Å². The van der Waals surface area contributed by atoms with Gasteiger partial charge in [-0.1, -0.05) is 0 Å². The molecular formula is C12H20N2O3. The Morgan fingerprint density at radius 2 is 2.00 bits per heavy atom. The van der Waals surface area contributed by atoms with Crippen LogP contribution in [0.2, 0.25) is 0 Å². The van der Waals surface area contributed by atoms with Crippen LogP contribution < -0.4 is 11.1 Å². The van der Waals surface area contributed by atoms with Gasteiger partial charge in [-0.3, -0.25) is 4.79 Å². The lowest BCUT2D eigenvalue weighted by Gasteiger charge is -2.27. The van der Waals surface area contributed by atoms with Crippen molar-refractivity contribution in [2.75, 3.05) is 7.11 Å². The Bertz CT molecular complexity index is 330. The Kier molecular flexibility index (Phi) is 3.38. The summed E-state index contributed by atoms with van der Waals surface area (Å²) in [6, 6.07) is -0.641. The zero-order chi connectivity index (χ0) is 12.6. The van der Waals surface area contributed by atoms with Crippen LogP contribution in [-0.4, -0.2) is 31.1 Å². The van der Waals surface area contributed by atoms with E-state index in [0.717, 1.165) is 19.3 Å². The summed E-state index contributed by atoms with van der Waals surface area (Å²) in [5.41, 5.74) is 6.07. The van der Waals surface area contributed by atoms with Crippen molar-refractivity contribution in [3.63, 3.8) is 0 Å². The van der Waals surface area contributed by atoms with Gasteiger partial charge in [-0.15, -0.1) is 0 Å². The minimum Gasteiger partial charge on any atom is -0.467 e. The van der Waals surface area contributed by atoms with Crippen LogP contribution in [-0.2, 0) is 14.3 Å². The van der Waals surface area contributed by atoms with Crippen molar-refractivity contribution in [3.05, 3.63) is 0 Å². The first-order chi connectivity index (χ1) is 8.04. The van der Waals surface area contributed by atoms with Gasteiger partial charge in [0.15, 0.2) is 0 Å². The summed E-state index contributed by atoms with van der Waals surface area (Å²) in [5.74, 6) is 0.252. The highest BCUT2D eigenvalue weighted by Gasteiger charge is 2.49. The van der Waals surface area contributed by atoms with Gasteiger partial charge in [0, 0.05) is 6.04 Å². The molecule has 2 aliphatic rings. The summed E-state index contributed by atoms with van der Waals surface area (Å²) in [6.07, 6.45) is 3.29. The topological polar surface area (TPSA) is 81.4 Å². The van der Waals surface area contributed by atoms with E-state index in [-0.39, 0.29) is 17.9 Å². The molecule has 2 rings (SSSR count). The van der Waals surface area contributed by atoms with Crippen LogP contribution in [0.4, 0.5) is 0 Å². The molecule has 0 aromatic carbocycles. The SMILES string of the molecule is COC(=O)C(C)NC(=O)C1C2CCC(C2)C1N. The predicted molar refractivity (Wildman–Crippen MR) is 61.9 cm³/mol. The molecule has 0 heterocycles. The van der Waals surface area contributed by atoms with Crippen LogP contribution in [0.25, 0.3) is 0 Å². The molecule has 0 radical (unpaired) electrons. The molecule has 0 saturated heterocycles. The van der Waals surface area contributed by atoms with Gasteiger partial charge >= 0.3 is 5.97 Å². The number of ether oxygens (including phenoxy) is 1. The maximum absolute atomic E-state index is 12.1. The second-order valence-electron chi connectivity index (χ2n) is 5.19. The maximum atomic E-state index is 12.1. The lowest BCUT2D eigenvalue weighted by molar-refractivity contribution is -0.145. The molecule has 0 aromatic heterocycles. The van der Waals surface area contributed by atoms with Gasteiger partial charge in [-0.25, -0.2) is 4.79 Å². The monoisotopic (exact) mass is 240 g/mol. The number of esters is 1. The molecule has 2 fully saturated rings. The zero-order valence-corrected chi connectivity index (χ0v) is 10.3. The third-order valence-corrected chi connectivity index (χ3v) is 4.20. The Morgan fingerprint density at radius 1 is 1.35 bits per heavy atom. The molecule has 1 amide bonds. The third kappa shape index (κ3) is 2.16. The molecule has 2 aliphatic carbocycles. The van der Waals surface area contributed by atoms with E-state index in [1.54, 1.807) is 6.92 Å². The lowest BCUT2D eigenvalue weighted by Crippen LogP contribution is -2.49. The van der Waals surface area contributed by atoms with E-state index in [1.165, 1.54) is 7.11 Å². The Balaban J connectivity index is 1.94. The number of methoxy groups -OCH3 is 1. The molecule has 96 valence electrons. The first-order valence-electron chi connectivity index (χ1n) is 6.18. The fraction of sp³-hybridized carbons (Fsp3) is 0.833. The van der Waals surface area contributed by atoms with E-state index in [4.69, 9.17) is 5.73 Å². The summed E-state index contributed by atoms with van der Waals surface area (Å²) in [4.78, 5) is 23.3. The van der Waals surface area contributed by atoms with Crippen molar-refractivity contribution >= 4 is 11.9 Å². The number of rotatable bonds is 3. The number of fused-ring (bicyclic) bond motifs is 2.